The fraction of sp³-hybridized carbons (Fsp3) is 0.577. The van der Waals surface area contributed by atoms with Gasteiger partial charge in [0, 0.05) is 26.7 Å². The summed E-state index contributed by atoms with van der Waals surface area (Å²) in [6.07, 6.45) is 9.39. The maximum absolute atomic E-state index is 12.8. The molecule has 5 heteroatoms. The maximum Gasteiger partial charge on any atom is 0.236 e. The first kappa shape index (κ1) is 22.1. The summed E-state index contributed by atoms with van der Waals surface area (Å²) < 4.78 is 11.6. The summed E-state index contributed by atoms with van der Waals surface area (Å²) in [6, 6.07) is 12.4. The van der Waals surface area contributed by atoms with E-state index in [2.05, 4.69) is 29.2 Å². The number of ether oxygens (including phenoxy) is 2. The van der Waals surface area contributed by atoms with Crippen molar-refractivity contribution in [3.8, 4) is 5.75 Å². The lowest BCUT2D eigenvalue weighted by atomic mass is 9.97. The van der Waals surface area contributed by atoms with Gasteiger partial charge < -0.3 is 14.4 Å². The summed E-state index contributed by atoms with van der Waals surface area (Å²) in [5.74, 6) is 1.04. The second-order valence-electron chi connectivity index (χ2n) is 9.17. The molecule has 1 saturated heterocycles. The van der Waals surface area contributed by atoms with Crippen molar-refractivity contribution < 1.29 is 14.3 Å². The number of carbonyl (C=O) groups excluding carboxylic acids is 1. The molecule has 5 nitrogen and oxygen atoms in total. The number of likely N-dealkylation sites (N-methyl/N-ethyl adjacent to an activating group) is 1. The van der Waals surface area contributed by atoms with Crippen LogP contribution >= 0.6 is 0 Å². The number of carbonyl (C=O) groups is 1. The van der Waals surface area contributed by atoms with Gasteiger partial charge >= 0.3 is 0 Å². The Labute approximate surface area is 186 Å². The first-order chi connectivity index (χ1) is 15.1. The third-order valence-corrected chi connectivity index (χ3v) is 6.79. The molecule has 1 aliphatic heterocycles. The normalized spacial score (nSPS) is 18.9. The van der Waals surface area contributed by atoms with E-state index in [9.17, 15) is 4.79 Å². The van der Waals surface area contributed by atoms with Crippen LogP contribution in [0.2, 0.25) is 0 Å². The minimum absolute atomic E-state index is 0.182. The fourth-order valence-corrected chi connectivity index (χ4v) is 4.85. The van der Waals surface area contributed by atoms with Gasteiger partial charge in [0.2, 0.25) is 5.91 Å². The molecule has 1 aliphatic carbocycles. The number of amides is 1. The standard InChI is InChI=1S/C26H36N2O3/c1-27(18-20-8-9-22-17-25(30-2)11-10-21(22)16-20)26(29)19-28-14-12-24(13-15-28)31-23-6-4-3-5-7-23/h8-11,16-17,23-24H,3-7,12-15,18-19H2,1-2H3. The van der Waals surface area contributed by atoms with E-state index in [0.29, 0.717) is 25.3 Å². The molecule has 2 aromatic carbocycles. The van der Waals surface area contributed by atoms with Crippen LogP contribution in [0.15, 0.2) is 36.4 Å². The van der Waals surface area contributed by atoms with E-state index < -0.39 is 0 Å². The Morgan fingerprint density at radius 3 is 2.39 bits per heavy atom. The molecule has 2 aromatic rings. The second-order valence-corrected chi connectivity index (χ2v) is 9.17. The first-order valence-electron chi connectivity index (χ1n) is 11.8. The highest BCUT2D eigenvalue weighted by Crippen LogP contribution is 2.25. The summed E-state index contributed by atoms with van der Waals surface area (Å²) >= 11 is 0. The van der Waals surface area contributed by atoms with Gasteiger partial charge in [-0.25, -0.2) is 0 Å². The highest BCUT2D eigenvalue weighted by atomic mass is 16.5. The van der Waals surface area contributed by atoms with E-state index in [1.807, 2.05) is 24.1 Å². The van der Waals surface area contributed by atoms with Crippen molar-refractivity contribution in [2.24, 2.45) is 0 Å². The number of piperidine rings is 1. The van der Waals surface area contributed by atoms with E-state index in [0.717, 1.165) is 42.6 Å². The molecule has 0 aromatic heterocycles. The number of fused-ring (bicyclic) bond motifs is 1. The Kier molecular flexibility index (Phi) is 7.46. The van der Waals surface area contributed by atoms with Crippen LogP contribution in [0.5, 0.6) is 5.75 Å². The van der Waals surface area contributed by atoms with Gasteiger partial charge in [0.25, 0.3) is 0 Å². The first-order valence-corrected chi connectivity index (χ1v) is 11.8. The number of hydrogen-bond acceptors (Lipinski definition) is 4. The molecule has 4 rings (SSSR count). The molecule has 1 saturated carbocycles. The third-order valence-electron chi connectivity index (χ3n) is 6.79. The van der Waals surface area contributed by atoms with Crippen LogP contribution in [0.1, 0.15) is 50.5 Å². The van der Waals surface area contributed by atoms with E-state index in [4.69, 9.17) is 9.47 Å². The van der Waals surface area contributed by atoms with Crippen molar-refractivity contribution in [1.82, 2.24) is 9.80 Å². The highest BCUT2D eigenvalue weighted by molar-refractivity contribution is 5.84. The minimum Gasteiger partial charge on any atom is -0.497 e. The van der Waals surface area contributed by atoms with Crippen molar-refractivity contribution >= 4 is 16.7 Å². The van der Waals surface area contributed by atoms with Crippen LogP contribution in [0.3, 0.4) is 0 Å². The monoisotopic (exact) mass is 424 g/mol. The lowest BCUT2D eigenvalue weighted by Crippen LogP contribution is -2.44. The molecule has 2 aliphatic rings. The Balaban J connectivity index is 1.24. The van der Waals surface area contributed by atoms with Crippen LogP contribution < -0.4 is 4.74 Å². The lowest BCUT2D eigenvalue weighted by Gasteiger charge is -2.35. The van der Waals surface area contributed by atoms with Crippen LogP contribution in [-0.2, 0) is 16.1 Å². The minimum atomic E-state index is 0.182. The second kappa shape index (κ2) is 10.5. The zero-order valence-electron chi connectivity index (χ0n) is 19.0. The van der Waals surface area contributed by atoms with E-state index in [1.165, 1.54) is 37.5 Å². The molecule has 168 valence electrons. The lowest BCUT2D eigenvalue weighted by molar-refractivity contribution is -0.132. The molecular formula is C26H36N2O3. The summed E-state index contributed by atoms with van der Waals surface area (Å²) in [4.78, 5) is 16.9. The summed E-state index contributed by atoms with van der Waals surface area (Å²) in [5, 5.41) is 2.31. The number of nitrogens with zero attached hydrogens (tertiary/aromatic N) is 2. The summed E-state index contributed by atoms with van der Waals surface area (Å²) in [7, 11) is 3.59. The largest absolute Gasteiger partial charge is 0.497 e. The molecular weight excluding hydrogens is 388 g/mol. The Hall–Kier alpha value is -2.11. The summed E-state index contributed by atoms with van der Waals surface area (Å²) in [6.45, 7) is 3.03. The number of rotatable bonds is 7. The smallest absolute Gasteiger partial charge is 0.236 e. The average Bonchev–Trinajstić information content (AvgIpc) is 2.80. The number of likely N-dealkylation sites (tertiary alicyclic amines) is 1. The van der Waals surface area contributed by atoms with Gasteiger partial charge in [-0.3, -0.25) is 9.69 Å². The van der Waals surface area contributed by atoms with Gasteiger partial charge in [0.1, 0.15) is 5.75 Å². The molecule has 0 unspecified atom stereocenters. The Morgan fingerprint density at radius 2 is 1.65 bits per heavy atom. The topological polar surface area (TPSA) is 42.0 Å². The van der Waals surface area contributed by atoms with Crippen LogP contribution in [0.4, 0.5) is 0 Å². The van der Waals surface area contributed by atoms with Crippen molar-refractivity contribution in [3.05, 3.63) is 42.0 Å². The molecule has 0 atom stereocenters. The van der Waals surface area contributed by atoms with Gasteiger partial charge in [-0.05, 0) is 60.2 Å². The Bertz CT molecular complexity index is 870. The zero-order chi connectivity index (χ0) is 21.6. The predicted octanol–water partition coefficient (Wildman–Crippen LogP) is 4.62. The van der Waals surface area contributed by atoms with Gasteiger partial charge in [0.05, 0.1) is 25.9 Å². The molecule has 2 fully saturated rings. The zero-order valence-corrected chi connectivity index (χ0v) is 19.0. The van der Waals surface area contributed by atoms with E-state index in [-0.39, 0.29) is 5.91 Å². The van der Waals surface area contributed by atoms with Gasteiger partial charge in [0.15, 0.2) is 0 Å². The molecule has 1 heterocycles. The predicted molar refractivity (Wildman–Crippen MR) is 124 cm³/mol. The van der Waals surface area contributed by atoms with Gasteiger partial charge in [-0.1, -0.05) is 37.5 Å². The van der Waals surface area contributed by atoms with Gasteiger partial charge in [-0.15, -0.1) is 0 Å². The van der Waals surface area contributed by atoms with Crippen LogP contribution in [0.25, 0.3) is 10.8 Å². The quantitative estimate of drug-likeness (QED) is 0.650. The van der Waals surface area contributed by atoms with Crippen LogP contribution in [-0.4, -0.2) is 61.7 Å². The molecule has 0 N–H and O–H groups in total. The molecule has 0 bridgehead atoms. The van der Waals surface area contributed by atoms with E-state index >= 15 is 0 Å². The van der Waals surface area contributed by atoms with E-state index in [1.54, 1.807) is 7.11 Å². The highest BCUT2D eigenvalue weighted by Gasteiger charge is 2.25. The number of benzene rings is 2. The summed E-state index contributed by atoms with van der Waals surface area (Å²) in [5.41, 5.74) is 1.15. The van der Waals surface area contributed by atoms with Crippen molar-refractivity contribution in [1.29, 1.82) is 0 Å². The molecule has 0 radical (unpaired) electrons. The molecule has 1 amide bonds. The van der Waals surface area contributed by atoms with Crippen molar-refractivity contribution in [2.45, 2.75) is 63.7 Å². The van der Waals surface area contributed by atoms with Crippen molar-refractivity contribution in [2.75, 3.05) is 33.8 Å². The van der Waals surface area contributed by atoms with Gasteiger partial charge in [-0.2, -0.15) is 0 Å². The molecule has 0 spiro atoms. The number of hydrogen-bond donors (Lipinski definition) is 0. The fourth-order valence-electron chi connectivity index (χ4n) is 4.85. The average molecular weight is 425 g/mol. The Morgan fingerprint density at radius 1 is 0.968 bits per heavy atom. The SMILES string of the molecule is COc1ccc2cc(CN(C)C(=O)CN3CCC(OC4CCCCC4)CC3)ccc2c1. The molecule has 31 heavy (non-hydrogen) atoms. The van der Waals surface area contributed by atoms with Crippen LogP contribution in [0, 0.1) is 0 Å². The maximum atomic E-state index is 12.8. The van der Waals surface area contributed by atoms with Crippen molar-refractivity contribution in [3.63, 3.8) is 0 Å². The third kappa shape index (κ3) is 5.98. The number of methoxy groups -OCH3 is 1.